The van der Waals surface area contributed by atoms with Crippen molar-refractivity contribution >= 4 is 35.8 Å². The molecule has 0 aliphatic heterocycles. The molecule has 0 bridgehead atoms. The average molecular weight is 512 g/mol. The van der Waals surface area contributed by atoms with Crippen LogP contribution in [0.3, 0.4) is 0 Å². The molecule has 160 valence electrons. The van der Waals surface area contributed by atoms with Crippen molar-refractivity contribution in [3.8, 4) is 5.69 Å². The van der Waals surface area contributed by atoms with Crippen LogP contribution in [0.4, 0.5) is 0 Å². The molecular weight excluding hydrogens is 479 g/mol. The lowest BCUT2D eigenvalue weighted by molar-refractivity contribution is -0.128. The summed E-state index contributed by atoms with van der Waals surface area (Å²) in [7, 11) is 0. The number of hydrogen-bond acceptors (Lipinski definition) is 3. The van der Waals surface area contributed by atoms with Gasteiger partial charge in [-0.15, -0.1) is 24.0 Å². The van der Waals surface area contributed by atoms with Crippen molar-refractivity contribution in [1.29, 1.82) is 0 Å². The maximum Gasteiger partial charge on any atom is 0.225 e. The third-order valence-corrected chi connectivity index (χ3v) is 4.19. The summed E-state index contributed by atoms with van der Waals surface area (Å²) in [4.78, 5) is 16.5. The first-order valence-corrected chi connectivity index (χ1v) is 9.74. The summed E-state index contributed by atoms with van der Waals surface area (Å²) >= 11 is 0. The summed E-state index contributed by atoms with van der Waals surface area (Å²) in [6.45, 7) is 11.6. The molecule has 7 nitrogen and oxygen atoms in total. The maximum atomic E-state index is 11.9. The fourth-order valence-electron chi connectivity index (χ4n) is 2.57. The molecule has 1 aromatic heterocycles. The first-order valence-electron chi connectivity index (χ1n) is 9.74. The van der Waals surface area contributed by atoms with Gasteiger partial charge in [0, 0.05) is 30.9 Å². The van der Waals surface area contributed by atoms with Gasteiger partial charge < -0.3 is 16.0 Å². The van der Waals surface area contributed by atoms with Gasteiger partial charge in [-0.2, -0.15) is 5.10 Å². The number of amides is 1. The predicted molar refractivity (Wildman–Crippen MR) is 129 cm³/mol. The number of hydrogen-bond donors (Lipinski definition) is 3. The van der Waals surface area contributed by atoms with Gasteiger partial charge in [-0.05, 0) is 37.6 Å². The number of carbonyl (C=O) groups is 1. The number of halogens is 1. The molecule has 1 amide bonds. The highest BCUT2D eigenvalue weighted by Crippen LogP contribution is 2.16. The highest BCUT2D eigenvalue weighted by atomic mass is 127. The van der Waals surface area contributed by atoms with E-state index in [4.69, 9.17) is 0 Å². The van der Waals surface area contributed by atoms with Gasteiger partial charge in [-0.3, -0.25) is 9.79 Å². The van der Waals surface area contributed by atoms with E-state index in [1.165, 1.54) is 0 Å². The van der Waals surface area contributed by atoms with Crippen LogP contribution in [-0.2, 0) is 4.79 Å². The van der Waals surface area contributed by atoms with Crippen molar-refractivity contribution in [2.24, 2.45) is 10.4 Å². The van der Waals surface area contributed by atoms with Crippen LogP contribution in [0.5, 0.6) is 0 Å². The van der Waals surface area contributed by atoms with E-state index in [1.54, 1.807) is 6.20 Å². The van der Waals surface area contributed by atoms with Crippen molar-refractivity contribution in [2.45, 2.75) is 40.7 Å². The lowest BCUT2D eigenvalue weighted by atomic mass is 9.96. The third-order valence-electron chi connectivity index (χ3n) is 4.19. The normalized spacial score (nSPS) is 12.7. The number of guanidine groups is 1. The van der Waals surface area contributed by atoms with Gasteiger partial charge in [0.15, 0.2) is 5.96 Å². The van der Waals surface area contributed by atoms with Gasteiger partial charge >= 0.3 is 0 Å². The lowest BCUT2D eigenvalue weighted by Crippen LogP contribution is -2.40. The molecule has 2 aromatic rings. The fourth-order valence-corrected chi connectivity index (χ4v) is 2.57. The summed E-state index contributed by atoms with van der Waals surface area (Å²) in [5, 5.41) is 13.9. The minimum atomic E-state index is -0.388. The Balaban J connectivity index is 0.00000420. The van der Waals surface area contributed by atoms with Gasteiger partial charge in [0.2, 0.25) is 5.91 Å². The van der Waals surface area contributed by atoms with Gasteiger partial charge in [0.25, 0.3) is 0 Å². The van der Waals surface area contributed by atoms with E-state index in [1.807, 2.05) is 56.8 Å². The number of benzene rings is 1. The van der Waals surface area contributed by atoms with E-state index in [-0.39, 0.29) is 41.3 Å². The zero-order valence-electron chi connectivity index (χ0n) is 17.9. The summed E-state index contributed by atoms with van der Waals surface area (Å²) < 4.78 is 1.84. The molecule has 0 fully saturated rings. The minimum absolute atomic E-state index is 0. The highest BCUT2D eigenvalue weighted by Gasteiger charge is 2.20. The van der Waals surface area contributed by atoms with Crippen LogP contribution in [0.15, 0.2) is 47.7 Å². The SMILES string of the molecule is CCNC(=NCCNC(=O)C(C)(C)C)NC(C)c1cccc(-n2cccn2)c1.I. The fraction of sp³-hybridized carbons (Fsp3) is 0.476. The topological polar surface area (TPSA) is 83.3 Å². The first kappa shape index (κ1) is 24.9. The molecule has 2 rings (SSSR count). The van der Waals surface area contributed by atoms with E-state index >= 15 is 0 Å². The van der Waals surface area contributed by atoms with Crippen LogP contribution in [0.25, 0.3) is 5.69 Å². The van der Waals surface area contributed by atoms with E-state index in [9.17, 15) is 4.79 Å². The lowest BCUT2D eigenvalue weighted by Gasteiger charge is -2.19. The molecule has 1 heterocycles. The van der Waals surface area contributed by atoms with Crippen LogP contribution in [0.1, 0.15) is 46.2 Å². The molecular formula is C21H33IN6O. The molecule has 8 heteroatoms. The van der Waals surface area contributed by atoms with Gasteiger partial charge in [0.1, 0.15) is 0 Å². The Morgan fingerprint density at radius 2 is 2.00 bits per heavy atom. The molecule has 0 radical (unpaired) electrons. The van der Waals surface area contributed by atoms with Crippen molar-refractivity contribution in [3.05, 3.63) is 48.3 Å². The Morgan fingerprint density at radius 1 is 1.24 bits per heavy atom. The molecule has 1 atom stereocenters. The molecule has 0 aliphatic carbocycles. The van der Waals surface area contributed by atoms with E-state index in [0.29, 0.717) is 13.1 Å². The Labute approximate surface area is 190 Å². The van der Waals surface area contributed by atoms with Crippen LogP contribution in [-0.4, -0.2) is 41.3 Å². The smallest absolute Gasteiger partial charge is 0.225 e. The molecule has 0 saturated carbocycles. The Bertz CT molecular complexity index is 783. The second kappa shape index (κ2) is 11.8. The van der Waals surface area contributed by atoms with Crippen LogP contribution < -0.4 is 16.0 Å². The highest BCUT2D eigenvalue weighted by molar-refractivity contribution is 14.0. The van der Waals surface area contributed by atoms with Crippen molar-refractivity contribution in [2.75, 3.05) is 19.6 Å². The summed E-state index contributed by atoms with van der Waals surface area (Å²) in [6.07, 6.45) is 3.69. The quantitative estimate of drug-likeness (QED) is 0.230. The Kier molecular flexibility index (Phi) is 10.1. The standard InChI is InChI=1S/C21H32N6O.HI/c1-6-22-20(24-13-12-23-19(28)21(3,4)5)26-16(2)17-9-7-10-18(15-17)27-14-8-11-25-27;/h7-11,14-16H,6,12-13H2,1-5H3,(H,23,28)(H2,22,24,26);1H. The van der Waals surface area contributed by atoms with Crippen LogP contribution in [0, 0.1) is 5.41 Å². The number of nitrogens with zero attached hydrogens (tertiary/aromatic N) is 3. The molecule has 0 spiro atoms. The Hall–Kier alpha value is -2.10. The summed E-state index contributed by atoms with van der Waals surface area (Å²) in [6, 6.07) is 10.2. The van der Waals surface area contributed by atoms with Crippen molar-refractivity contribution in [3.63, 3.8) is 0 Å². The second-order valence-electron chi connectivity index (χ2n) is 7.68. The van der Waals surface area contributed by atoms with Crippen molar-refractivity contribution < 1.29 is 4.79 Å². The zero-order valence-corrected chi connectivity index (χ0v) is 20.2. The second-order valence-corrected chi connectivity index (χ2v) is 7.68. The largest absolute Gasteiger partial charge is 0.357 e. The maximum absolute atomic E-state index is 11.9. The van der Waals surface area contributed by atoms with Gasteiger partial charge in [-0.25, -0.2) is 4.68 Å². The summed E-state index contributed by atoms with van der Waals surface area (Å²) in [5.41, 5.74) is 1.77. The molecule has 29 heavy (non-hydrogen) atoms. The summed E-state index contributed by atoms with van der Waals surface area (Å²) in [5.74, 6) is 0.758. The number of nitrogens with one attached hydrogen (secondary N) is 3. The molecule has 0 saturated heterocycles. The number of rotatable bonds is 7. The van der Waals surface area contributed by atoms with E-state index in [0.717, 1.165) is 23.8 Å². The predicted octanol–water partition coefficient (Wildman–Crippen LogP) is 3.27. The first-order chi connectivity index (χ1) is 13.3. The molecule has 1 aromatic carbocycles. The van der Waals surface area contributed by atoms with E-state index in [2.05, 4.69) is 45.1 Å². The van der Waals surface area contributed by atoms with Crippen LogP contribution in [0.2, 0.25) is 0 Å². The van der Waals surface area contributed by atoms with Gasteiger partial charge in [-0.1, -0.05) is 32.9 Å². The number of aromatic nitrogens is 2. The molecule has 1 unspecified atom stereocenters. The minimum Gasteiger partial charge on any atom is -0.357 e. The Morgan fingerprint density at radius 3 is 2.62 bits per heavy atom. The molecule has 3 N–H and O–H groups in total. The van der Waals surface area contributed by atoms with Crippen LogP contribution >= 0.6 is 24.0 Å². The zero-order chi connectivity index (χ0) is 20.6. The molecule has 0 aliphatic rings. The average Bonchev–Trinajstić information content (AvgIpc) is 3.19. The van der Waals surface area contributed by atoms with Gasteiger partial charge in [0.05, 0.1) is 18.3 Å². The monoisotopic (exact) mass is 512 g/mol. The van der Waals surface area contributed by atoms with Crippen molar-refractivity contribution in [1.82, 2.24) is 25.7 Å². The van der Waals surface area contributed by atoms with E-state index < -0.39 is 0 Å². The number of carbonyl (C=O) groups excluding carboxylic acids is 1. The number of aliphatic imine (C=N–C) groups is 1. The third kappa shape index (κ3) is 8.04.